The van der Waals surface area contributed by atoms with Crippen molar-refractivity contribution in [2.75, 3.05) is 10.0 Å². The SMILES string of the molecule is Cc1cnn(-c2ccc(CNc3ccc([S+](O)Nc4c(C)nn(C)c4C)cn3)cc2)n1. The summed E-state index contributed by atoms with van der Waals surface area (Å²) in [4.78, 5) is 6.75. The fraction of sp³-hybridized carbons (Fsp3) is 0.238. The number of anilines is 2. The third-order valence-corrected chi connectivity index (χ3v) is 6.00. The summed E-state index contributed by atoms with van der Waals surface area (Å²) in [6.07, 6.45) is 3.41. The van der Waals surface area contributed by atoms with Gasteiger partial charge in [0.1, 0.15) is 11.5 Å². The lowest BCUT2D eigenvalue weighted by Gasteiger charge is -2.07. The van der Waals surface area contributed by atoms with Crippen molar-refractivity contribution in [3.8, 4) is 5.69 Å². The third-order valence-electron chi connectivity index (χ3n) is 4.91. The molecule has 4 rings (SSSR count). The molecule has 0 bridgehead atoms. The minimum Gasteiger partial charge on any atom is -0.366 e. The Morgan fingerprint density at radius 2 is 1.77 bits per heavy atom. The molecule has 0 aliphatic carbocycles. The first-order valence-electron chi connectivity index (χ1n) is 9.79. The van der Waals surface area contributed by atoms with E-state index in [1.165, 1.54) is 0 Å². The van der Waals surface area contributed by atoms with Crippen molar-refractivity contribution in [2.45, 2.75) is 32.2 Å². The quantitative estimate of drug-likeness (QED) is 0.381. The number of nitrogens with one attached hydrogen (secondary N) is 2. The zero-order chi connectivity index (χ0) is 22.0. The molecule has 0 saturated heterocycles. The molecule has 0 fully saturated rings. The van der Waals surface area contributed by atoms with E-state index < -0.39 is 11.4 Å². The number of hydrogen-bond acceptors (Lipinski definition) is 7. The summed E-state index contributed by atoms with van der Waals surface area (Å²) < 4.78 is 15.5. The third kappa shape index (κ3) is 4.70. The molecule has 0 aliphatic rings. The summed E-state index contributed by atoms with van der Waals surface area (Å²) in [6, 6.07) is 11.8. The second-order valence-electron chi connectivity index (χ2n) is 7.23. The summed E-state index contributed by atoms with van der Waals surface area (Å²) in [5.74, 6) is 0.739. The van der Waals surface area contributed by atoms with E-state index in [0.29, 0.717) is 11.4 Å². The van der Waals surface area contributed by atoms with Gasteiger partial charge < -0.3 is 5.32 Å². The average Bonchev–Trinajstić information content (AvgIpc) is 3.31. The van der Waals surface area contributed by atoms with Crippen LogP contribution in [0.5, 0.6) is 0 Å². The number of rotatable bonds is 7. The molecule has 0 saturated carbocycles. The Kier molecular flexibility index (Phi) is 5.92. The molecule has 3 aromatic heterocycles. The Bertz CT molecular complexity index is 1170. The smallest absolute Gasteiger partial charge is 0.305 e. The number of benzene rings is 1. The highest BCUT2D eigenvalue weighted by molar-refractivity contribution is 7.92. The van der Waals surface area contributed by atoms with Crippen molar-refractivity contribution >= 4 is 22.9 Å². The molecule has 4 aromatic rings. The van der Waals surface area contributed by atoms with Crippen LogP contribution in [0.25, 0.3) is 5.69 Å². The largest absolute Gasteiger partial charge is 0.366 e. The Morgan fingerprint density at radius 3 is 2.35 bits per heavy atom. The Hall–Kier alpha value is -3.37. The lowest BCUT2D eigenvalue weighted by Crippen LogP contribution is -2.14. The molecule has 160 valence electrons. The normalized spacial score (nSPS) is 12.0. The molecule has 1 aromatic carbocycles. The van der Waals surface area contributed by atoms with Gasteiger partial charge in [-0.05, 0) is 44.5 Å². The zero-order valence-electron chi connectivity index (χ0n) is 17.9. The molecule has 10 heteroatoms. The van der Waals surface area contributed by atoms with Gasteiger partial charge in [0.2, 0.25) is 4.90 Å². The maximum atomic E-state index is 10.6. The van der Waals surface area contributed by atoms with Crippen molar-refractivity contribution < 1.29 is 4.55 Å². The van der Waals surface area contributed by atoms with Gasteiger partial charge in [0.15, 0.2) is 0 Å². The number of aromatic nitrogens is 6. The van der Waals surface area contributed by atoms with E-state index in [9.17, 15) is 4.55 Å². The van der Waals surface area contributed by atoms with E-state index in [0.717, 1.165) is 39.8 Å². The van der Waals surface area contributed by atoms with Gasteiger partial charge in [-0.15, -0.1) is 0 Å². The fourth-order valence-corrected chi connectivity index (χ4v) is 4.04. The van der Waals surface area contributed by atoms with Gasteiger partial charge in [0.05, 0.1) is 35.2 Å². The minimum atomic E-state index is -1.17. The van der Waals surface area contributed by atoms with Gasteiger partial charge >= 0.3 is 11.4 Å². The van der Waals surface area contributed by atoms with Crippen LogP contribution >= 0.6 is 0 Å². The summed E-state index contributed by atoms with van der Waals surface area (Å²) in [5.41, 5.74) is 5.58. The molecule has 9 nitrogen and oxygen atoms in total. The van der Waals surface area contributed by atoms with Crippen LogP contribution in [0.2, 0.25) is 0 Å². The molecule has 0 spiro atoms. The number of hydrogen-bond donors (Lipinski definition) is 3. The highest BCUT2D eigenvalue weighted by Crippen LogP contribution is 2.23. The Morgan fingerprint density at radius 1 is 1.00 bits per heavy atom. The van der Waals surface area contributed by atoms with E-state index in [1.807, 2.05) is 64.2 Å². The van der Waals surface area contributed by atoms with Gasteiger partial charge in [-0.2, -0.15) is 29.4 Å². The first-order valence-corrected chi connectivity index (χ1v) is 11.0. The van der Waals surface area contributed by atoms with Crippen LogP contribution < -0.4 is 10.0 Å². The summed E-state index contributed by atoms with van der Waals surface area (Å²) in [5, 5.41) is 16.2. The van der Waals surface area contributed by atoms with E-state index in [-0.39, 0.29) is 0 Å². The Balaban J connectivity index is 1.35. The van der Waals surface area contributed by atoms with Gasteiger partial charge in [-0.3, -0.25) is 4.68 Å². The highest BCUT2D eigenvalue weighted by atomic mass is 32.2. The lowest BCUT2D eigenvalue weighted by atomic mass is 10.2. The van der Waals surface area contributed by atoms with Crippen molar-refractivity contribution in [3.05, 3.63) is 71.4 Å². The first-order chi connectivity index (χ1) is 14.9. The molecule has 3 heterocycles. The van der Waals surface area contributed by atoms with Gasteiger partial charge in [0.25, 0.3) is 0 Å². The van der Waals surface area contributed by atoms with Crippen molar-refractivity contribution in [1.29, 1.82) is 0 Å². The molecule has 0 amide bonds. The van der Waals surface area contributed by atoms with Crippen LogP contribution in [-0.4, -0.2) is 34.3 Å². The maximum Gasteiger partial charge on any atom is 0.305 e. The highest BCUT2D eigenvalue weighted by Gasteiger charge is 2.24. The van der Waals surface area contributed by atoms with Crippen molar-refractivity contribution in [3.63, 3.8) is 0 Å². The van der Waals surface area contributed by atoms with E-state index in [1.54, 1.807) is 21.9 Å². The number of aryl methyl sites for hydroxylation is 3. The van der Waals surface area contributed by atoms with Gasteiger partial charge in [0, 0.05) is 19.7 Å². The minimum absolute atomic E-state index is 0.634. The van der Waals surface area contributed by atoms with Crippen LogP contribution in [0, 0.1) is 20.8 Å². The standard InChI is InChI=1S/C21H25N8OS/c1-14-11-24-29(25-14)18-7-5-17(6-8-18)12-22-20-10-9-19(13-23-20)31(30)27-21-15(2)26-28(4)16(21)3/h5-11,13,27,30H,12H2,1-4H3,(H,22,23)/q+1. The van der Waals surface area contributed by atoms with E-state index in [4.69, 9.17) is 0 Å². The van der Waals surface area contributed by atoms with Crippen LogP contribution in [-0.2, 0) is 25.0 Å². The summed E-state index contributed by atoms with van der Waals surface area (Å²) >= 11 is -1.17. The van der Waals surface area contributed by atoms with E-state index in [2.05, 4.69) is 30.3 Å². The predicted molar refractivity (Wildman–Crippen MR) is 122 cm³/mol. The van der Waals surface area contributed by atoms with Crippen LogP contribution in [0.1, 0.15) is 22.6 Å². The van der Waals surface area contributed by atoms with Crippen LogP contribution in [0.4, 0.5) is 11.5 Å². The fourth-order valence-electron chi connectivity index (χ4n) is 3.08. The second-order valence-corrected chi connectivity index (χ2v) is 8.48. The van der Waals surface area contributed by atoms with Crippen molar-refractivity contribution in [1.82, 2.24) is 29.8 Å². The average molecular weight is 438 g/mol. The first kappa shape index (κ1) is 20.9. The second kappa shape index (κ2) is 8.78. The monoisotopic (exact) mass is 437 g/mol. The van der Waals surface area contributed by atoms with Gasteiger partial charge in [-0.1, -0.05) is 12.1 Å². The summed E-state index contributed by atoms with van der Waals surface area (Å²) in [7, 11) is 1.88. The molecular weight excluding hydrogens is 412 g/mol. The van der Waals surface area contributed by atoms with E-state index >= 15 is 0 Å². The van der Waals surface area contributed by atoms with Crippen LogP contribution in [0.3, 0.4) is 0 Å². The predicted octanol–water partition coefficient (Wildman–Crippen LogP) is 3.41. The molecule has 31 heavy (non-hydrogen) atoms. The van der Waals surface area contributed by atoms with Crippen molar-refractivity contribution in [2.24, 2.45) is 7.05 Å². The maximum absolute atomic E-state index is 10.6. The molecular formula is C21H25N8OS+. The number of nitrogens with zero attached hydrogens (tertiary/aromatic N) is 6. The molecule has 1 unspecified atom stereocenters. The molecule has 0 aliphatic heterocycles. The zero-order valence-corrected chi connectivity index (χ0v) is 18.7. The lowest BCUT2D eigenvalue weighted by molar-refractivity contribution is 0.643. The molecule has 0 radical (unpaired) electrons. The van der Waals surface area contributed by atoms with Gasteiger partial charge in [-0.25, -0.2) is 4.98 Å². The molecule has 1 atom stereocenters. The van der Waals surface area contributed by atoms with Crippen LogP contribution in [0.15, 0.2) is 53.7 Å². The summed E-state index contributed by atoms with van der Waals surface area (Å²) in [6.45, 7) is 6.42. The molecule has 3 N–H and O–H groups in total. The Labute approximate surface area is 183 Å². The number of pyridine rings is 1. The topological polar surface area (TPSA) is 106 Å².